The number of nitrogens with one attached hydrogen (secondary N) is 1. The van der Waals surface area contributed by atoms with Gasteiger partial charge in [-0.2, -0.15) is 0 Å². The number of carbonyl (C=O) groups is 2. The molecular weight excluding hydrogens is 340 g/mol. The van der Waals surface area contributed by atoms with Crippen LogP contribution in [0.3, 0.4) is 0 Å². The number of nitrogens with zero attached hydrogens (tertiary/aromatic N) is 1. The van der Waals surface area contributed by atoms with Crippen LogP contribution in [0.5, 0.6) is 0 Å². The van der Waals surface area contributed by atoms with Crippen molar-refractivity contribution in [3.63, 3.8) is 0 Å². The van der Waals surface area contributed by atoms with E-state index in [9.17, 15) is 14.7 Å². The fraction of sp³-hybridized carbons (Fsp3) is 0.364. The molecule has 2 N–H and O–H groups in total. The van der Waals surface area contributed by atoms with Crippen molar-refractivity contribution in [2.75, 3.05) is 6.61 Å². The number of aliphatic hydroxyl groups excluding tert-OH is 1. The van der Waals surface area contributed by atoms with Crippen LogP contribution in [0.1, 0.15) is 35.3 Å². The third kappa shape index (κ3) is 4.19. The van der Waals surface area contributed by atoms with Crippen LogP contribution in [0.15, 0.2) is 54.6 Å². The molecule has 2 aromatic carbocycles. The average Bonchev–Trinajstić information content (AvgIpc) is 3.01. The fourth-order valence-corrected chi connectivity index (χ4v) is 3.41. The van der Waals surface area contributed by atoms with Gasteiger partial charge in [-0.3, -0.25) is 9.59 Å². The normalized spacial score (nSPS) is 15.6. The number of benzene rings is 2. The van der Waals surface area contributed by atoms with Gasteiger partial charge in [-0.25, -0.2) is 0 Å². The molecule has 0 bridgehead atoms. The van der Waals surface area contributed by atoms with E-state index in [1.807, 2.05) is 62.4 Å². The summed E-state index contributed by atoms with van der Waals surface area (Å²) in [6.45, 7) is 4.19. The summed E-state index contributed by atoms with van der Waals surface area (Å²) < 4.78 is 0. The van der Waals surface area contributed by atoms with E-state index in [1.54, 1.807) is 11.0 Å². The quantitative estimate of drug-likeness (QED) is 0.790. The lowest BCUT2D eigenvalue weighted by molar-refractivity contribution is -0.127. The first-order chi connectivity index (χ1) is 13.0. The second-order valence-electron chi connectivity index (χ2n) is 7.34. The number of hydrogen-bond donors (Lipinski definition) is 2. The smallest absolute Gasteiger partial charge is 0.255 e. The molecule has 5 heteroatoms. The lowest BCUT2D eigenvalue weighted by Crippen LogP contribution is -2.52. The van der Waals surface area contributed by atoms with Crippen LogP contribution in [0, 0.1) is 5.92 Å². The van der Waals surface area contributed by atoms with Crippen molar-refractivity contribution in [3.8, 4) is 0 Å². The van der Waals surface area contributed by atoms with Crippen molar-refractivity contribution in [2.45, 2.75) is 38.9 Å². The molecule has 2 amide bonds. The number of carbonyl (C=O) groups excluding carboxylic acids is 2. The third-order valence-electron chi connectivity index (χ3n) is 5.13. The summed E-state index contributed by atoms with van der Waals surface area (Å²) in [5.41, 5.74) is 2.59. The van der Waals surface area contributed by atoms with Crippen LogP contribution in [-0.2, 0) is 17.8 Å². The van der Waals surface area contributed by atoms with Crippen LogP contribution < -0.4 is 5.32 Å². The zero-order valence-electron chi connectivity index (χ0n) is 15.8. The fourth-order valence-electron chi connectivity index (χ4n) is 3.41. The van der Waals surface area contributed by atoms with Crippen molar-refractivity contribution in [2.24, 2.45) is 5.92 Å². The van der Waals surface area contributed by atoms with Crippen molar-refractivity contribution in [3.05, 3.63) is 71.3 Å². The van der Waals surface area contributed by atoms with Gasteiger partial charge < -0.3 is 15.3 Å². The van der Waals surface area contributed by atoms with Crippen LogP contribution >= 0.6 is 0 Å². The first-order valence-electron chi connectivity index (χ1n) is 9.35. The Balaban J connectivity index is 1.86. The Morgan fingerprint density at radius 1 is 1.11 bits per heavy atom. The zero-order valence-corrected chi connectivity index (χ0v) is 15.8. The Bertz CT molecular complexity index is 804. The molecular formula is C22H26N2O3. The highest BCUT2D eigenvalue weighted by Gasteiger charge is 2.37. The second kappa shape index (κ2) is 8.35. The minimum absolute atomic E-state index is 0.0998. The molecule has 0 spiro atoms. The number of hydrogen-bond acceptors (Lipinski definition) is 3. The largest absolute Gasteiger partial charge is 0.394 e. The topological polar surface area (TPSA) is 69.6 Å². The van der Waals surface area contributed by atoms with E-state index in [2.05, 4.69) is 5.32 Å². The molecule has 0 aliphatic carbocycles. The maximum absolute atomic E-state index is 13.1. The Morgan fingerprint density at radius 3 is 2.41 bits per heavy atom. The maximum atomic E-state index is 13.1. The van der Waals surface area contributed by atoms with Gasteiger partial charge >= 0.3 is 0 Å². The van der Waals surface area contributed by atoms with Crippen LogP contribution in [0.2, 0.25) is 0 Å². The highest BCUT2D eigenvalue weighted by molar-refractivity contribution is 6.01. The third-order valence-corrected chi connectivity index (χ3v) is 5.13. The highest BCUT2D eigenvalue weighted by atomic mass is 16.3. The van der Waals surface area contributed by atoms with E-state index in [4.69, 9.17) is 0 Å². The zero-order chi connectivity index (χ0) is 19.4. The van der Waals surface area contributed by atoms with Gasteiger partial charge in [-0.05, 0) is 23.1 Å². The van der Waals surface area contributed by atoms with Gasteiger partial charge in [-0.1, -0.05) is 62.4 Å². The minimum atomic E-state index is -0.625. The number of fused-ring (bicyclic) bond motifs is 1. The molecule has 1 aliphatic heterocycles. The molecule has 1 aliphatic rings. The van der Waals surface area contributed by atoms with Gasteiger partial charge in [0, 0.05) is 18.5 Å². The van der Waals surface area contributed by atoms with Gasteiger partial charge in [0.15, 0.2) is 0 Å². The molecule has 2 aromatic rings. The van der Waals surface area contributed by atoms with Crippen molar-refractivity contribution in [1.29, 1.82) is 0 Å². The van der Waals surface area contributed by atoms with Crippen molar-refractivity contribution in [1.82, 2.24) is 10.2 Å². The SMILES string of the molecule is CC(C)[C@H](CO)NC(=O)[C@@H](Cc1ccccc1)N1Cc2ccccc2C1=O. The Labute approximate surface area is 160 Å². The molecule has 1 heterocycles. The molecule has 0 aromatic heterocycles. The van der Waals surface area contributed by atoms with Crippen molar-refractivity contribution >= 4 is 11.8 Å². The summed E-state index contributed by atoms with van der Waals surface area (Å²) >= 11 is 0. The van der Waals surface area contributed by atoms with E-state index in [0.29, 0.717) is 18.5 Å². The highest BCUT2D eigenvalue weighted by Crippen LogP contribution is 2.26. The predicted octanol–water partition coefficient (Wildman–Crippen LogP) is 2.39. The maximum Gasteiger partial charge on any atom is 0.255 e. The summed E-state index contributed by atoms with van der Waals surface area (Å²) in [7, 11) is 0. The Morgan fingerprint density at radius 2 is 1.78 bits per heavy atom. The molecule has 27 heavy (non-hydrogen) atoms. The number of aliphatic hydroxyl groups is 1. The van der Waals surface area contributed by atoms with Gasteiger partial charge in [0.25, 0.3) is 5.91 Å². The molecule has 0 saturated heterocycles. The average molecular weight is 366 g/mol. The minimum Gasteiger partial charge on any atom is -0.394 e. The van der Waals surface area contributed by atoms with Crippen LogP contribution in [0.4, 0.5) is 0 Å². The Kier molecular flexibility index (Phi) is 5.91. The first kappa shape index (κ1) is 19.1. The van der Waals surface area contributed by atoms with E-state index >= 15 is 0 Å². The van der Waals surface area contributed by atoms with E-state index < -0.39 is 6.04 Å². The molecule has 142 valence electrons. The van der Waals surface area contributed by atoms with E-state index in [0.717, 1.165) is 11.1 Å². The van der Waals surface area contributed by atoms with E-state index in [-0.39, 0.29) is 30.4 Å². The van der Waals surface area contributed by atoms with Gasteiger partial charge in [0.2, 0.25) is 5.91 Å². The number of amides is 2. The lowest BCUT2D eigenvalue weighted by atomic mass is 10.0. The predicted molar refractivity (Wildman–Crippen MR) is 104 cm³/mol. The summed E-state index contributed by atoms with van der Waals surface area (Å²) in [4.78, 5) is 27.6. The first-order valence-corrected chi connectivity index (χ1v) is 9.35. The molecule has 2 atom stereocenters. The summed E-state index contributed by atoms with van der Waals surface area (Å²) in [5, 5.41) is 12.5. The second-order valence-corrected chi connectivity index (χ2v) is 7.34. The van der Waals surface area contributed by atoms with Crippen LogP contribution in [0.25, 0.3) is 0 Å². The number of rotatable bonds is 7. The van der Waals surface area contributed by atoms with E-state index in [1.165, 1.54) is 0 Å². The lowest BCUT2D eigenvalue weighted by Gasteiger charge is -2.30. The molecule has 3 rings (SSSR count). The molecule has 5 nitrogen and oxygen atoms in total. The van der Waals surface area contributed by atoms with Gasteiger partial charge in [0.05, 0.1) is 12.6 Å². The van der Waals surface area contributed by atoms with Gasteiger partial charge in [-0.15, -0.1) is 0 Å². The summed E-state index contributed by atoms with van der Waals surface area (Å²) in [6, 6.07) is 16.2. The monoisotopic (exact) mass is 366 g/mol. The molecule has 0 fully saturated rings. The molecule has 0 radical (unpaired) electrons. The Hall–Kier alpha value is -2.66. The standard InChI is InChI=1S/C22H26N2O3/c1-15(2)19(14-25)23-21(26)20(12-16-8-4-3-5-9-16)24-13-17-10-6-7-11-18(17)22(24)27/h3-11,15,19-20,25H,12-14H2,1-2H3,(H,23,26)/t19-,20+/m0/s1. The van der Waals surface area contributed by atoms with Crippen LogP contribution in [-0.4, -0.2) is 40.5 Å². The summed E-state index contributed by atoms with van der Waals surface area (Å²) in [6.07, 6.45) is 0.433. The van der Waals surface area contributed by atoms with Crippen molar-refractivity contribution < 1.29 is 14.7 Å². The molecule has 0 unspecified atom stereocenters. The summed E-state index contributed by atoms with van der Waals surface area (Å²) in [5.74, 6) is -0.248. The molecule has 0 saturated carbocycles. The van der Waals surface area contributed by atoms with Gasteiger partial charge in [0.1, 0.15) is 6.04 Å².